The predicted octanol–water partition coefficient (Wildman–Crippen LogP) is 1.78. The average Bonchev–Trinajstić information content (AvgIpc) is 1.81. The fourth-order valence-electron chi connectivity index (χ4n) is 0.299. The summed E-state index contributed by atoms with van der Waals surface area (Å²) in [6, 6.07) is 0. The first kappa shape index (κ1) is 7.36. The van der Waals surface area contributed by atoms with Crippen LogP contribution in [-0.4, -0.2) is 6.61 Å². The van der Waals surface area contributed by atoms with Crippen LogP contribution in [0.4, 0.5) is 0 Å². The van der Waals surface area contributed by atoms with Crippen LogP contribution in [0.25, 0.3) is 0 Å². The summed E-state index contributed by atoms with van der Waals surface area (Å²) in [7, 11) is 0. The highest BCUT2D eigenvalue weighted by Gasteiger charge is 1.68. The lowest BCUT2D eigenvalue weighted by Crippen LogP contribution is -1.76. The van der Waals surface area contributed by atoms with Gasteiger partial charge in [0.25, 0.3) is 0 Å². The van der Waals surface area contributed by atoms with Gasteiger partial charge in [0.15, 0.2) is 0 Å². The topological polar surface area (TPSA) is 9.23 Å². The van der Waals surface area contributed by atoms with Crippen LogP contribution in [0.2, 0.25) is 0 Å². The normalized spacial score (nSPS) is 7.25. The van der Waals surface area contributed by atoms with Crippen molar-refractivity contribution >= 4 is 0 Å². The van der Waals surface area contributed by atoms with Gasteiger partial charge in [-0.1, -0.05) is 12.8 Å². The Hall–Kier alpha value is -0.640. The van der Waals surface area contributed by atoms with E-state index >= 15 is 0 Å². The zero-order valence-corrected chi connectivity index (χ0v) is 5.53. The van der Waals surface area contributed by atoms with Gasteiger partial charge < -0.3 is 4.74 Å². The summed E-state index contributed by atoms with van der Waals surface area (Å²) in [5.74, 6) is 2.86. The van der Waals surface area contributed by atoms with E-state index in [1.165, 1.54) is 0 Å². The molecular weight excluding hydrogens is 100 g/mol. The van der Waals surface area contributed by atoms with Crippen LogP contribution in [0, 0.1) is 12.0 Å². The molecule has 0 aromatic rings. The van der Waals surface area contributed by atoms with Gasteiger partial charge in [0.05, 0.1) is 6.61 Å². The first-order chi connectivity index (χ1) is 3.91. The zero-order valence-electron chi connectivity index (χ0n) is 5.53. The Kier molecular flexibility index (Phi) is 5.85. The van der Waals surface area contributed by atoms with Gasteiger partial charge in [0.1, 0.15) is 6.11 Å². The third kappa shape index (κ3) is 5.36. The van der Waals surface area contributed by atoms with Crippen molar-refractivity contribution in [2.24, 2.45) is 0 Å². The fraction of sp³-hybridized carbons (Fsp3) is 0.714. The SMILES string of the molecule is CCCC#COCC. The lowest BCUT2D eigenvalue weighted by Gasteiger charge is -1.83. The van der Waals surface area contributed by atoms with Crippen LogP contribution in [0.15, 0.2) is 0 Å². The van der Waals surface area contributed by atoms with Gasteiger partial charge in [0.2, 0.25) is 0 Å². The number of rotatable bonds is 2. The average molecular weight is 112 g/mol. The summed E-state index contributed by atoms with van der Waals surface area (Å²) in [4.78, 5) is 0. The summed E-state index contributed by atoms with van der Waals surface area (Å²) in [6.07, 6.45) is 4.64. The lowest BCUT2D eigenvalue weighted by molar-refractivity contribution is 0.298. The molecule has 0 saturated heterocycles. The monoisotopic (exact) mass is 112 g/mol. The third-order valence-electron chi connectivity index (χ3n) is 0.664. The van der Waals surface area contributed by atoms with Crippen molar-refractivity contribution in [3.05, 3.63) is 0 Å². The van der Waals surface area contributed by atoms with Crippen molar-refractivity contribution in [1.29, 1.82) is 0 Å². The molecule has 0 aromatic carbocycles. The van der Waals surface area contributed by atoms with Crippen molar-refractivity contribution < 1.29 is 4.74 Å². The minimum absolute atomic E-state index is 0.691. The van der Waals surface area contributed by atoms with E-state index in [4.69, 9.17) is 4.74 Å². The van der Waals surface area contributed by atoms with Crippen molar-refractivity contribution in [2.45, 2.75) is 26.7 Å². The summed E-state index contributed by atoms with van der Waals surface area (Å²) in [5, 5.41) is 0. The molecule has 0 heterocycles. The molecule has 0 saturated carbocycles. The molecule has 0 spiro atoms. The van der Waals surface area contributed by atoms with Gasteiger partial charge in [-0.2, -0.15) is 0 Å². The number of ether oxygens (including phenoxy) is 1. The van der Waals surface area contributed by atoms with E-state index < -0.39 is 0 Å². The van der Waals surface area contributed by atoms with Crippen LogP contribution in [0.3, 0.4) is 0 Å². The van der Waals surface area contributed by atoms with Crippen molar-refractivity contribution in [3.8, 4) is 12.0 Å². The Balaban J connectivity index is 2.95. The van der Waals surface area contributed by atoms with Gasteiger partial charge in [-0.25, -0.2) is 0 Å². The van der Waals surface area contributed by atoms with E-state index in [-0.39, 0.29) is 0 Å². The standard InChI is InChI=1S/C7H12O/c1-3-5-6-7-8-4-2/h3-5H2,1-2H3. The fourth-order valence-corrected chi connectivity index (χ4v) is 0.299. The second-order valence-electron chi connectivity index (χ2n) is 1.46. The summed E-state index contributed by atoms with van der Waals surface area (Å²) >= 11 is 0. The molecular formula is C7H12O. The van der Waals surface area contributed by atoms with Gasteiger partial charge in [-0.15, -0.1) is 0 Å². The molecule has 0 atom stereocenters. The largest absolute Gasteiger partial charge is 0.447 e. The maximum Gasteiger partial charge on any atom is 0.110 e. The minimum atomic E-state index is 0.691. The maximum atomic E-state index is 4.77. The first-order valence-corrected chi connectivity index (χ1v) is 3.01. The highest BCUT2D eigenvalue weighted by molar-refractivity contribution is 4.90. The molecule has 8 heavy (non-hydrogen) atoms. The molecule has 0 aliphatic heterocycles. The van der Waals surface area contributed by atoms with E-state index in [0.29, 0.717) is 6.61 Å². The van der Waals surface area contributed by atoms with Crippen LogP contribution < -0.4 is 0 Å². The molecule has 0 unspecified atom stereocenters. The van der Waals surface area contributed by atoms with Gasteiger partial charge in [-0.3, -0.25) is 0 Å². The van der Waals surface area contributed by atoms with Gasteiger partial charge >= 0.3 is 0 Å². The molecule has 0 N–H and O–H groups in total. The lowest BCUT2D eigenvalue weighted by atomic mass is 10.4. The molecule has 0 amide bonds. The Bertz CT molecular complexity index is 76.3. The molecule has 0 aliphatic rings. The smallest absolute Gasteiger partial charge is 0.110 e. The molecule has 1 nitrogen and oxygen atoms in total. The minimum Gasteiger partial charge on any atom is -0.447 e. The maximum absolute atomic E-state index is 4.77. The Morgan fingerprint density at radius 1 is 1.38 bits per heavy atom. The van der Waals surface area contributed by atoms with E-state index in [1.54, 1.807) is 0 Å². The second-order valence-corrected chi connectivity index (χ2v) is 1.46. The number of hydrogen-bond donors (Lipinski definition) is 0. The molecule has 0 aromatic heterocycles. The highest BCUT2D eigenvalue weighted by atomic mass is 16.5. The number of hydrogen-bond acceptors (Lipinski definition) is 1. The van der Waals surface area contributed by atoms with Gasteiger partial charge in [-0.05, 0) is 13.3 Å². The van der Waals surface area contributed by atoms with Crippen molar-refractivity contribution in [2.75, 3.05) is 6.61 Å². The number of unbranched alkanes of at least 4 members (excludes halogenated alkanes) is 1. The third-order valence-corrected chi connectivity index (χ3v) is 0.664. The van der Waals surface area contributed by atoms with Crippen LogP contribution in [0.1, 0.15) is 26.7 Å². The van der Waals surface area contributed by atoms with Crippen molar-refractivity contribution in [3.63, 3.8) is 0 Å². The molecule has 0 rings (SSSR count). The molecule has 0 radical (unpaired) electrons. The Morgan fingerprint density at radius 3 is 2.62 bits per heavy atom. The summed E-state index contributed by atoms with van der Waals surface area (Å²) < 4.78 is 4.77. The first-order valence-electron chi connectivity index (χ1n) is 3.01. The van der Waals surface area contributed by atoms with Gasteiger partial charge in [0, 0.05) is 6.42 Å². The quantitative estimate of drug-likeness (QED) is 0.495. The highest BCUT2D eigenvalue weighted by Crippen LogP contribution is 1.80. The van der Waals surface area contributed by atoms with Crippen molar-refractivity contribution in [1.82, 2.24) is 0 Å². The summed E-state index contributed by atoms with van der Waals surface area (Å²) in [5.41, 5.74) is 0. The van der Waals surface area contributed by atoms with Crippen LogP contribution in [0.5, 0.6) is 0 Å². The molecule has 46 valence electrons. The molecule has 1 heteroatoms. The molecule has 0 aliphatic carbocycles. The molecule has 0 bridgehead atoms. The summed E-state index contributed by atoms with van der Waals surface area (Å²) in [6.45, 7) is 4.72. The van der Waals surface area contributed by atoms with E-state index in [0.717, 1.165) is 12.8 Å². The van der Waals surface area contributed by atoms with E-state index in [2.05, 4.69) is 19.0 Å². The zero-order chi connectivity index (χ0) is 6.24. The van der Waals surface area contributed by atoms with Crippen LogP contribution in [-0.2, 0) is 4.74 Å². The Labute approximate surface area is 51.0 Å². The van der Waals surface area contributed by atoms with E-state index in [9.17, 15) is 0 Å². The van der Waals surface area contributed by atoms with Crippen LogP contribution >= 0.6 is 0 Å². The Morgan fingerprint density at radius 2 is 2.12 bits per heavy atom. The molecule has 0 fully saturated rings. The predicted molar refractivity (Wildman–Crippen MR) is 34.3 cm³/mol. The van der Waals surface area contributed by atoms with E-state index in [1.807, 2.05) is 6.92 Å². The second kappa shape index (κ2) is 6.36.